The fourth-order valence-corrected chi connectivity index (χ4v) is 2.81. The topological polar surface area (TPSA) is 24.9 Å². The SMILES string of the molecule is Clc1cc(NCc2cccc(Br)c2)c2ncccc2c1. The van der Waals surface area contributed by atoms with Crippen molar-refractivity contribution >= 4 is 44.1 Å². The van der Waals surface area contributed by atoms with Crippen LogP contribution in [0.1, 0.15) is 5.56 Å². The summed E-state index contributed by atoms with van der Waals surface area (Å²) < 4.78 is 1.07. The van der Waals surface area contributed by atoms with Crippen molar-refractivity contribution in [2.24, 2.45) is 0 Å². The monoisotopic (exact) mass is 346 g/mol. The van der Waals surface area contributed by atoms with Crippen molar-refractivity contribution in [2.45, 2.75) is 6.54 Å². The van der Waals surface area contributed by atoms with E-state index in [1.54, 1.807) is 6.20 Å². The average Bonchev–Trinajstić information content (AvgIpc) is 2.44. The number of hydrogen-bond acceptors (Lipinski definition) is 2. The van der Waals surface area contributed by atoms with Gasteiger partial charge in [0.05, 0.1) is 11.2 Å². The summed E-state index contributed by atoms with van der Waals surface area (Å²) >= 11 is 9.63. The summed E-state index contributed by atoms with van der Waals surface area (Å²) in [4.78, 5) is 4.42. The maximum atomic E-state index is 6.16. The first-order chi connectivity index (χ1) is 9.72. The molecule has 0 bridgehead atoms. The van der Waals surface area contributed by atoms with Crippen molar-refractivity contribution < 1.29 is 0 Å². The third-order valence-corrected chi connectivity index (χ3v) is 3.75. The van der Waals surface area contributed by atoms with Gasteiger partial charge in [0.1, 0.15) is 0 Å². The minimum absolute atomic E-state index is 0.710. The first-order valence-electron chi connectivity index (χ1n) is 6.25. The maximum Gasteiger partial charge on any atom is 0.0934 e. The molecule has 3 rings (SSSR count). The summed E-state index contributed by atoms with van der Waals surface area (Å²) in [5.41, 5.74) is 3.09. The molecule has 0 amide bonds. The van der Waals surface area contributed by atoms with E-state index in [1.165, 1.54) is 5.56 Å². The molecule has 100 valence electrons. The molecule has 0 aliphatic carbocycles. The highest BCUT2D eigenvalue weighted by molar-refractivity contribution is 9.10. The quantitative estimate of drug-likeness (QED) is 0.699. The lowest BCUT2D eigenvalue weighted by molar-refractivity contribution is 1.15. The minimum Gasteiger partial charge on any atom is -0.379 e. The number of nitrogens with zero attached hydrogens (tertiary/aromatic N) is 1. The highest BCUT2D eigenvalue weighted by Gasteiger charge is 2.04. The number of nitrogens with one attached hydrogen (secondary N) is 1. The Bertz CT molecular complexity index is 758. The highest BCUT2D eigenvalue weighted by Crippen LogP contribution is 2.26. The first-order valence-corrected chi connectivity index (χ1v) is 7.42. The van der Waals surface area contributed by atoms with E-state index in [9.17, 15) is 0 Å². The molecule has 0 atom stereocenters. The van der Waals surface area contributed by atoms with Crippen LogP contribution in [0.4, 0.5) is 5.69 Å². The molecule has 0 spiro atoms. The summed E-state index contributed by atoms with van der Waals surface area (Å²) in [5, 5.41) is 5.15. The van der Waals surface area contributed by atoms with Gasteiger partial charge in [-0.2, -0.15) is 0 Å². The van der Waals surface area contributed by atoms with Gasteiger partial charge in [-0.1, -0.05) is 45.7 Å². The molecule has 2 nitrogen and oxygen atoms in total. The zero-order valence-corrected chi connectivity index (χ0v) is 12.9. The fraction of sp³-hybridized carbons (Fsp3) is 0.0625. The van der Waals surface area contributed by atoms with E-state index in [0.29, 0.717) is 5.02 Å². The van der Waals surface area contributed by atoms with Crippen molar-refractivity contribution in [3.63, 3.8) is 0 Å². The molecule has 0 aliphatic rings. The van der Waals surface area contributed by atoms with Gasteiger partial charge in [0, 0.05) is 27.6 Å². The van der Waals surface area contributed by atoms with E-state index in [1.807, 2.05) is 36.4 Å². The number of hydrogen-bond donors (Lipinski definition) is 1. The van der Waals surface area contributed by atoms with Crippen LogP contribution in [-0.4, -0.2) is 4.98 Å². The first kappa shape index (κ1) is 13.4. The van der Waals surface area contributed by atoms with Crippen LogP contribution in [0.3, 0.4) is 0 Å². The lowest BCUT2D eigenvalue weighted by Gasteiger charge is -2.10. The second-order valence-electron chi connectivity index (χ2n) is 4.51. The molecule has 0 saturated carbocycles. The summed E-state index contributed by atoms with van der Waals surface area (Å²) in [6.45, 7) is 0.728. The predicted octanol–water partition coefficient (Wildman–Crippen LogP) is 5.26. The molecule has 1 N–H and O–H groups in total. The predicted molar refractivity (Wildman–Crippen MR) is 88.2 cm³/mol. The Kier molecular flexibility index (Phi) is 3.90. The molecule has 3 aromatic rings. The molecule has 1 aromatic heterocycles. The summed E-state index contributed by atoms with van der Waals surface area (Å²) in [6.07, 6.45) is 1.79. The number of rotatable bonds is 3. The van der Waals surface area contributed by atoms with Gasteiger partial charge < -0.3 is 5.32 Å². The lowest BCUT2D eigenvalue weighted by Crippen LogP contribution is -2.00. The van der Waals surface area contributed by atoms with Crippen molar-refractivity contribution in [2.75, 3.05) is 5.32 Å². The number of anilines is 1. The molecule has 20 heavy (non-hydrogen) atoms. The van der Waals surface area contributed by atoms with Crippen LogP contribution >= 0.6 is 27.5 Å². The van der Waals surface area contributed by atoms with Gasteiger partial charge in [0.15, 0.2) is 0 Å². The van der Waals surface area contributed by atoms with Crippen LogP contribution < -0.4 is 5.32 Å². The van der Waals surface area contributed by atoms with Crippen LogP contribution in [0.5, 0.6) is 0 Å². The van der Waals surface area contributed by atoms with E-state index in [0.717, 1.165) is 27.6 Å². The number of halogens is 2. The fourth-order valence-electron chi connectivity index (χ4n) is 2.13. The van der Waals surface area contributed by atoms with Gasteiger partial charge in [-0.25, -0.2) is 0 Å². The van der Waals surface area contributed by atoms with Crippen molar-refractivity contribution in [1.82, 2.24) is 4.98 Å². The molecule has 0 saturated heterocycles. The van der Waals surface area contributed by atoms with Gasteiger partial charge >= 0.3 is 0 Å². The smallest absolute Gasteiger partial charge is 0.0934 e. The highest BCUT2D eigenvalue weighted by atomic mass is 79.9. The number of aromatic nitrogens is 1. The Hall–Kier alpha value is -1.58. The Balaban J connectivity index is 1.91. The summed E-state index contributed by atoms with van der Waals surface area (Å²) in [5.74, 6) is 0. The van der Waals surface area contributed by atoms with E-state index in [4.69, 9.17) is 11.6 Å². The Morgan fingerprint density at radius 2 is 2.00 bits per heavy atom. The summed E-state index contributed by atoms with van der Waals surface area (Å²) in [7, 11) is 0. The van der Waals surface area contributed by atoms with Crippen LogP contribution in [-0.2, 0) is 6.54 Å². The molecule has 0 fully saturated rings. The molecule has 0 unspecified atom stereocenters. The number of fused-ring (bicyclic) bond motifs is 1. The molecule has 0 radical (unpaired) electrons. The van der Waals surface area contributed by atoms with E-state index >= 15 is 0 Å². The van der Waals surface area contributed by atoms with Gasteiger partial charge in [-0.15, -0.1) is 0 Å². The molecular formula is C16H12BrClN2. The third-order valence-electron chi connectivity index (χ3n) is 3.04. The van der Waals surface area contributed by atoms with E-state index in [2.05, 4.69) is 38.4 Å². The Labute approximate surface area is 130 Å². The van der Waals surface area contributed by atoms with Gasteiger partial charge in [-0.05, 0) is 35.9 Å². The molecule has 1 heterocycles. The van der Waals surface area contributed by atoms with Gasteiger partial charge in [-0.3, -0.25) is 4.98 Å². The Morgan fingerprint density at radius 3 is 2.85 bits per heavy atom. The normalized spacial score (nSPS) is 10.7. The number of pyridine rings is 1. The average molecular weight is 348 g/mol. The van der Waals surface area contributed by atoms with E-state index in [-0.39, 0.29) is 0 Å². The van der Waals surface area contributed by atoms with Gasteiger partial charge in [0.2, 0.25) is 0 Å². The molecular weight excluding hydrogens is 336 g/mol. The zero-order valence-electron chi connectivity index (χ0n) is 10.6. The lowest BCUT2D eigenvalue weighted by atomic mass is 10.1. The standard InChI is InChI=1S/C16H12BrClN2/c17-13-5-1-3-11(7-13)10-20-15-9-14(18)8-12-4-2-6-19-16(12)15/h1-9,20H,10H2. The molecule has 4 heteroatoms. The second kappa shape index (κ2) is 5.81. The van der Waals surface area contributed by atoms with Crippen molar-refractivity contribution in [1.29, 1.82) is 0 Å². The van der Waals surface area contributed by atoms with Crippen LogP contribution in [0.15, 0.2) is 59.2 Å². The zero-order chi connectivity index (χ0) is 13.9. The Morgan fingerprint density at radius 1 is 1.10 bits per heavy atom. The van der Waals surface area contributed by atoms with E-state index < -0.39 is 0 Å². The van der Waals surface area contributed by atoms with Crippen molar-refractivity contribution in [3.05, 3.63) is 69.8 Å². The van der Waals surface area contributed by atoms with Crippen LogP contribution in [0, 0.1) is 0 Å². The molecule has 0 aliphatic heterocycles. The molecule has 2 aromatic carbocycles. The third kappa shape index (κ3) is 2.94. The largest absolute Gasteiger partial charge is 0.379 e. The van der Waals surface area contributed by atoms with Crippen molar-refractivity contribution in [3.8, 4) is 0 Å². The van der Waals surface area contributed by atoms with Crippen LogP contribution in [0.2, 0.25) is 5.02 Å². The second-order valence-corrected chi connectivity index (χ2v) is 5.86. The van der Waals surface area contributed by atoms with Crippen LogP contribution in [0.25, 0.3) is 10.9 Å². The minimum atomic E-state index is 0.710. The number of benzene rings is 2. The maximum absolute atomic E-state index is 6.16. The van der Waals surface area contributed by atoms with Gasteiger partial charge in [0.25, 0.3) is 0 Å². The summed E-state index contributed by atoms with van der Waals surface area (Å²) in [6, 6.07) is 16.0.